The molecule has 0 aliphatic heterocycles. The van der Waals surface area contributed by atoms with Crippen LogP contribution in [0.2, 0.25) is 0 Å². The fraction of sp³-hybridized carbons (Fsp3) is 0.786. The lowest BCUT2D eigenvalue weighted by atomic mass is 9.77. The third-order valence-electron chi connectivity index (χ3n) is 4.13. The Bertz CT molecular complexity index is 356. The summed E-state index contributed by atoms with van der Waals surface area (Å²) >= 11 is 0. The fourth-order valence-corrected chi connectivity index (χ4v) is 3.17. The Morgan fingerprint density at radius 2 is 2.06 bits per heavy atom. The molecule has 1 aromatic heterocycles. The minimum Gasteiger partial charge on any atom is -0.330 e. The zero-order chi connectivity index (χ0) is 12.3. The molecule has 1 saturated carbocycles. The van der Waals surface area contributed by atoms with Crippen LogP contribution in [-0.4, -0.2) is 16.3 Å². The maximum absolute atomic E-state index is 5.90. The molecule has 3 heteroatoms. The summed E-state index contributed by atoms with van der Waals surface area (Å²) in [5.41, 5.74) is 8.44. The van der Waals surface area contributed by atoms with Gasteiger partial charge in [0.15, 0.2) is 0 Å². The van der Waals surface area contributed by atoms with Crippen molar-refractivity contribution in [2.75, 3.05) is 6.54 Å². The summed E-state index contributed by atoms with van der Waals surface area (Å²) in [5.74, 6) is 1.50. The minimum absolute atomic E-state index is 0.726. The molecule has 0 radical (unpaired) electrons. The molecule has 0 saturated heterocycles. The Kier molecular flexibility index (Phi) is 4.21. The van der Waals surface area contributed by atoms with Crippen molar-refractivity contribution in [2.24, 2.45) is 17.6 Å². The summed E-state index contributed by atoms with van der Waals surface area (Å²) in [6, 6.07) is 2.24. The number of hydrogen-bond acceptors (Lipinski definition) is 2. The van der Waals surface area contributed by atoms with E-state index in [2.05, 4.69) is 29.7 Å². The van der Waals surface area contributed by atoms with Crippen molar-refractivity contribution >= 4 is 0 Å². The molecule has 1 heterocycles. The van der Waals surface area contributed by atoms with Crippen molar-refractivity contribution in [3.05, 3.63) is 17.5 Å². The van der Waals surface area contributed by atoms with Gasteiger partial charge in [0.25, 0.3) is 0 Å². The van der Waals surface area contributed by atoms with E-state index in [0.29, 0.717) is 0 Å². The molecule has 0 amide bonds. The Hall–Kier alpha value is -0.830. The molecular formula is C14H25N3. The van der Waals surface area contributed by atoms with E-state index in [1.165, 1.54) is 31.4 Å². The molecule has 17 heavy (non-hydrogen) atoms. The van der Waals surface area contributed by atoms with Crippen molar-refractivity contribution in [1.29, 1.82) is 0 Å². The molecule has 1 aliphatic carbocycles. The van der Waals surface area contributed by atoms with Gasteiger partial charge in [0.1, 0.15) is 0 Å². The van der Waals surface area contributed by atoms with E-state index in [0.717, 1.165) is 37.0 Å². The summed E-state index contributed by atoms with van der Waals surface area (Å²) in [4.78, 5) is 0. The second-order valence-corrected chi connectivity index (χ2v) is 5.34. The quantitative estimate of drug-likeness (QED) is 0.871. The third kappa shape index (κ3) is 2.89. The van der Waals surface area contributed by atoms with Crippen LogP contribution < -0.4 is 5.73 Å². The van der Waals surface area contributed by atoms with Crippen molar-refractivity contribution in [1.82, 2.24) is 9.78 Å². The predicted molar refractivity (Wildman–Crippen MR) is 70.8 cm³/mol. The first kappa shape index (κ1) is 12.6. The molecule has 96 valence electrons. The largest absolute Gasteiger partial charge is 0.330 e. The topological polar surface area (TPSA) is 43.8 Å². The van der Waals surface area contributed by atoms with Crippen LogP contribution in [0.5, 0.6) is 0 Å². The minimum atomic E-state index is 0.726. The van der Waals surface area contributed by atoms with Crippen molar-refractivity contribution < 1.29 is 0 Å². The van der Waals surface area contributed by atoms with Gasteiger partial charge in [-0.2, -0.15) is 5.10 Å². The van der Waals surface area contributed by atoms with Crippen LogP contribution in [0.15, 0.2) is 6.07 Å². The van der Waals surface area contributed by atoms with Crippen LogP contribution in [0.3, 0.4) is 0 Å². The van der Waals surface area contributed by atoms with Crippen LogP contribution >= 0.6 is 0 Å². The van der Waals surface area contributed by atoms with E-state index in [-0.39, 0.29) is 0 Å². The summed E-state index contributed by atoms with van der Waals surface area (Å²) in [7, 11) is 0. The smallest absolute Gasteiger partial charge is 0.0596 e. The Morgan fingerprint density at radius 3 is 2.71 bits per heavy atom. The third-order valence-corrected chi connectivity index (χ3v) is 4.13. The normalized spacial score (nSPS) is 25.1. The van der Waals surface area contributed by atoms with Gasteiger partial charge in [-0.15, -0.1) is 0 Å². The van der Waals surface area contributed by atoms with E-state index >= 15 is 0 Å². The van der Waals surface area contributed by atoms with Gasteiger partial charge in [-0.25, -0.2) is 0 Å². The Labute approximate surface area is 104 Å². The molecule has 2 unspecified atom stereocenters. The van der Waals surface area contributed by atoms with Gasteiger partial charge in [-0.05, 0) is 57.6 Å². The molecule has 2 rings (SSSR count). The molecule has 0 bridgehead atoms. The van der Waals surface area contributed by atoms with Crippen LogP contribution in [0, 0.1) is 18.8 Å². The highest BCUT2D eigenvalue weighted by Crippen LogP contribution is 2.32. The maximum Gasteiger partial charge on any atom is 0.0596 e. The monoisotopic (exact) mass is 235 g/mol. The van der Waals surface area contributed by atoms with Crippen molar-refractivity contribution in [3.8, 4) is 0 Å². The highest BCUT2D eigenvalue weighted by atomic mass is 15.3. The zero-order valence-electron chi connectivity index (χ0n) is 11.2. The van der Waals surface area contributed by atoms with E-state index in [1.807, 2.05) is 0 Å². The summed E-state index contributed by atoms with van der Waals surface area (Å²) in [6.07, 6.45) is 6.57. The number of rotatable bonds is 4. The molecule has 2 N–H and O–H groups in total. The molecule has 3 nitrogen and oxygen atoms in total. The van der Waals surface area contributed by atoms with Gasteiger partial charge in [-0.3, -0.25) is 4.68 Å². The molecule has 1 aliphatic rings. The van der Waals surface area contributed by atoms with Crippen LogP contribution in [0.25, 0.3) is 0 Å². The fourth-order valence-electron chi connectivity index (χ4n) is 3.17. The van der Waals surface area contributed by atoms with E-state index in [9.17, 15) is 0 Å². The van der Waals surface area contributed by atoms with E-state index in [4.69, 9.17) is 5.73 Å². The lowest BCUT2D eigenvalue weighted by Crippen LogP contribution is -2.28. The van der Waals surface area contributed by atoms with E-state index in [1.54, 1.807) is 0 Å². The summed E-state index contributed by atoms with van der Waals surface area (Å²) in [6.45, 7) is 6.07. The van der Waals surface area contributed by atoms with Gasteiger partial charge in [-0.1, -0.05) is 12.8 Å². The number of hydrogen-bond donors (Lipinski definition) is 1. The van der Waals surface area contributed by atoms with Crippen molar-refractivity contribution in [3.63, 3.8) is 0 Å². The SMILES string of the molecule is CCn1nc(C)cc1CC1CCCCC1CN. The van der Waals surface area contributed by atoms with Gasteiger partial charge >= 0.3 is 0 Å². The molecular weight excluding hydrogens is 210 g/mol. The van der Waals surface area contributed by atoms with Gasteiger partial charge in [0.05, 0.1) is 5.69 Å². The summed E-state index contributed by atoms with van der Waals surface area (Å²) < 4.78 is 2.15. The Balaban J connectivity index is 2.07. The molecule has 2 atom stereocenters. The maximum atomic E-state index is 5.90. The first-order chi connectivity index (χ1) is 8.24. The highest BCUT2D eigenvalue weighted by molar-refractivity contribution is 5.10. The molecule has 1 fully saturated rings. The first-order valence-corrected chi connectivity index (χ1v) is 6.98. The lowest BCUT2D eigenvalue weighted by molar-refractivity contribution is 0.238. The average Bonchev–Trinajstić information content (AvgIpc) is 2.70. The Morgan fingerprint density at radius 1 is 1.35 bits per heavy atom. The zero-order valence-corrected chi connectivity index (χ0v) is 11.2. The highest BCUT2D eigenvalue weighted by Gasteiger charge is 2.25. The van der Waals surface area contributed by atoms with Gasteiger partial charge in [0.2, 0.25) is 0 Å². The van der Waals surface area contributed by atoms with Gasteiger partial charge < -0.3 is 5.73 Å². The molecule has 0 aromatic carbocycles. The second kappa shape index (κ2) is 5.67. The van der Waals surface area contributed by atoms with E-state index < -0.39 is 0 Å². The number of nitrogens with two attached hydrogens (primary N) is 1. The lowest BCUT2D eigenvalue weighted by Gasteiger charge is -2.30. The van der Waals surface area contributed by atoms with Crippen LogP contribution in [0.1, 0.15) is 44.0 Å². The predicted octanol–water partition coefficient (Wildman–Crippen LogP) is 2.52. The van der Waals surface area contributed by atoms with Crippen LogP contribution in [0.4, 0.5) is 0 Å². The summed E-state index contributed by atoms with van der Waals surface area (Å²) in [5, 5.41) is 4.53. The number of nitrogens with zero attached hydrogens (tertiary/aromatic N) is 2. The average molecular weight is 235 g/mol. The second-order valence-electron chi connectivity index (χ2n) is 5.34. The van der Waals surface area contributed by atoms with Gasteiger partial charge in [0, 0.05) is 12.2 Å². The first-order valence-electron chi connectivity index (χ1n) is 6.98. The molecule has 0 spiro atoms. The standard InChI is InChI=1S/C14H25N3/c1-3-17-14(8-11(2)16-17)9-12-6-4-5-7-13(12)10-15/h8,12-13H,3-7,9-10,15H2,1-2H3. The molecule has 1 aromatic rings. The number of aryl methyl sites for hydroxylation is 2. The number of aromatic nitrogens is 2. The van der Waals surface area contributed by atoms with Crippen molar-refractivity contribution in [2.45, 2.75) is 52.5 Å². The van der Waals surface area contributed by atoms with Crippen LogP contribution in [-0.2, 0) is 13.0 Å².